The molecule has 0 amide bonds. The number of hydrogen-bond donors (Lipinski definition) is 2. The van der Waals surface area contributed by atoms with Crippen molar-refractivity contribution in [3.05, 3.63) is 151 Å². The van der Waals surface area contributed by atoms with Gasteiger partial charge < -0.3 is 30.6 Å². The molecule has 0 bridgehead atoms. The van der Waals surface area contributed by atoms with Crippen LogP contribution in [0.15, 0.2) is 109 Å². The summed E-state index contributed by atoms with van der Waals surface area (Å²) in [4.78, 5) is 25.4. The van der Waals surface area contributed by atoms with E-state index in [1.165, 1.54) is 0 Å². The standard InChI is InChI=1S/2C15H13N3.2NO3.Ni/c2*1-11-6-5-9-13(16-11)15-10-14(17-18-15)12-7-3-2-4-8-12;2*2-1(3)4;/h2*2-10H,1H3,(H,17,18);;;/q;;2*-1;+2. The van der Waals surface area contributed by atoms with Crippen LogP contribution in [0.4, 0.5) is 0 Å². The molecule has 4 heterocycles. The van der Waals surface area contributed by atoms with Gasteiger partial charge in [-0.05, 0) is 61.4 Å². The van der Waals surface area contributed by atoms with Gasteiger partial charge in [0, 0.05) is 11.4 Å². The van der Waals surface area contributed by atoms with Gasteiger partial charge in [-0.25, -0.2) is 0 Å². The zero-order chi connectivity index (χ0) is 31.9. The van der Waals surface area contributed by atoms with E-state index in [-0.39, 0.29) is 16.5 Å². The van der Waals surface area contributed by atoms with E-state index in [1.807, 2.05) is 98.8 Å². The fraction of sp³-hybridized carbons (Fsp3) is 0.0667. The molecular formula is C30H26N8NiO6. The van der Waals surface area contributed by atoms with Gasteiger partial charge in [0.05, 0.1) is 32.9 Å². The number of H-pyrrole nitrogens is 2. The first-order valence-electron chi connectivity index (χ1n) is 12.8. The van der Waals surface area contributed by atoms with Gasteiger partial charge in [0.15, 0.2) is 0 Å². The number of pyridine rings is 2. The maximum absolute atomic E-state index is 8.25. The fourth-order valence-electron chi connectivity index (χ4n) is 3.81. The van der Waals surface area contributed by atoms with E-state index in [2.05, 4.69) is 54.6 Å². The third kappa shape index (κ3) is 12.1. The van der Waals surface area contributed by atoms with Gasteiger partial charge in [-0.2, -0.15) is 10.2 Å². The molecule has 2 aromatic carbocycles. The van der Waals surface area contributed by atoms with Crippen LogP contribution in [0.2, 0.25) is 0 Å². The zero-order valence-electron chi connectivity index (χ0n) is 23.8. The second-order valence-corrected chi connectivity index (χ2v) is 8.84. The summed E-state index contributed by atoms with van der Waals surface area (Å²) >= 11 is 0. The predicted molar refractivity (Wildman–Crippen MR) is 165 cm³/mol. The van der Waals surface area contributed by atoms with Crippen LogP contribution in [-0.4, -0.2) is 40.5 Å². The summed E-state index contributed by atoms with van der Waals surface area (Å²) in [5, 5.41) is 44.2. The first kappa shape index (κ1) is 35.3. The molecule has 2 N–H and O–H groups in total. The summed E-state index contributed by atoms with van der Waals surface area (Å²) in [5.74, 6) is 0. The Morgan fingerprint density at radius 3 is 1.16 bits per heavy atom. The normalized spacial score (nSPS) is 9.47. The van der Waals surface area contributed by atoms with E-state index in [4.69, 9.17) is 30.6 Å². The van der Waals surface area contributed by atoms with Crippen molar-refractivity contribution in [3.8, 4) is 45.3 Å². The monoisotopic (exact) mass is 652 g/mol. The maximum atomic E-state index is 8.25. The molecule has 232 valence electrons. The van der Waals surface area contributed by atoms with E-state index in [0.29, 0.717) is 0 Å². The number of aryl methyl sites for hydroxylation is 2. The molecule has 4 aromatic heterocycles. The molecular weight excluding hydrogens is 627 g/mol. The Hall–Kier alpha value is -5.95. The van der Waals surface area contributed by atoms with E-state index in [0.717, 1.165) is 56.7 Å². The second kappa shape index (κ2) is 17.9. The molecule has 15 heteroatoms. The van der Waals surface area contributed by atoms with Crippen molar-refractivity contribution in [3.63, 3.8) is 0 Å². The minimum absolute atomic E-state index is 0. The van der Waals surface area contributed by atoms with E-state index < -0.39 is 10.2 Å². The van der Waals surface area contributed by atoms with Gasteiger partial charge in [0.2, 0.25) is 0 Å². The van der Waals surface area contributed by atoms with Gasteiger partial charge >= 0.3 is 16.5 Å². The Labute approximate surface area is 267 Å². The molecule has 0 radical (unpaired) electrons. The SMILES string of the molecule is Cc1cccc(-c2cc(-c3ccccc3)[nH]n2)n1.Cc1cccc(-c2cc(-c3ccccc3)[nH]n2)n1.O=[N+]([O-])[O-].O=[N+]([O-])[O-].[Ni+2]. The van der Waals surface area contributed by atoms with Crippen molar-refractivity contribution in [2.75, 3.05) is 0 Å². The molecule has 6 rings (SSSR count). The second-order valence-electron chi connectivity index (χ2n) is 8.84. The van der Waals surface area contributed by atoms with Gasteiger partial charge in [-0.15, -0.1) is 0 Å². The summed E-state index contributed by atoms with van der Waals surface area (Å²) < 4.78 is 0. The minimum Gasteiger partial charge on any atom is -0.356 e. The molecule has 0 saturated heterocycles. The van der Waals surface area contributed by atoms with Crippen LogP contribution in [0.5, 0.6) is 0 Å². The number of aromatic nitrogens is 6. The van der Waals surface area contributed by atoms with Crippen LogP contribution < -0.4 is 0 Å². The molecule has 0 aliphatic carbocycles. The van der Waals surface area contributed by atoms with Gasteiger partial charge in [0.25, 0.3) is 0 Å². The first-order valence-corrected chi connectivity index (χ1v) is 12.8. The van der Waals surface area contributed by atoms with Crippen LogP contribution >= 0.6 is 0 Å². The van der Waals surface area contributed by atoms with Crippen LogP contribution in [0.1, 0.15) is 11.4 Å². The number of nitrogens with zero attached hydrogens (tertiary/aromatic N) is 6. The summed E-state index contributed by atoms with van der Waals surface area (Å²) in [6.45, 7) is 3.96. The van der Waals surface area contributed by atoms with Crippen molar-refractivity contribution in [2.24, 2.45) is 0 Å². The summed E-state index contributed by atoms with van der Waals surface area (Å²) in [5.41, 5.74) is 9.81. The molecule has 0 aliphatic heterocycles. The number of hydrogen-bond acceptors (Lipinski definition) is 10. The predicted octanol–water partition coefficient (Wildman–Crippen LogP) is 6.41. The van der Waals surface area contributed by atoms with Crippen molar-refractivity contribution < 1.29 is 26.7 Å². The van der Waals surface area contributed by atoms with E-state index >= 15 is 0 Å². The van der Waals surface area contributed by atoms with Crippen molar-refractivity contribution >= 4 is 0 Å². The largest absolute Gasteiger partial charge is 2.00 e. The molecule has 45 heavy (non-hydrogen) atoms. The Morgan fingerprint density at radius 1 is 0.511 bits per heavy atom. The Morgan fingerprint density at radius 2 is 0.844 bits per heavy atom. The molecule has 0 aliphatic rings. The van der Waals surface area contributed by atoms with E-state index in [9.17, 15) is 0 Å². The molecule has 14 nitrogen and oxygen atoms in total. The summed E-state index contributed by atoms with van der Waals surface area (Å²) in [6.07, 6.45) is 0. The molecule has 0 spiro atoms. The number of nitrogens with one attached hydrogen (secondary N) is 2. The molecule has 6 aromatic rings. The van der Waals surface area contributed by atoms with Gasteiger partial charge in [-0.1, -0.05) is 72.8 Å². The Balaban J connectivity index is 0.000000250. The molecule has 0 atom stereocenters. The van der Waals surface area contributed by atoms with Crippen molar-refractivity contribution in [1.82, 2.24) is 30.4 Å². The smallest absolute Gasteiger partial charge is 0.356 e. The van der Waals surface area contributed by atoms with Crippen molar-refractivity contribution in [1.29, 1.82) is 0 Å². The van der Waals surface area contributed by atoms with Crippen LogP contribution in [0.3, 0.4) is 0 Å². The molecule has 0 saturated carbocycles. The summed E-state index contributed by atoms with van der Waals surface area (Å²) in [7, 11) is 0. The van der Waals surface area contributed by atoms with Gasteiger partial charge in [0.1, 0.15) is 11.4 Å². The van der Waals surface area contributed by atoms with Crippen LogP contribution in [-0.2, 0) is 16.5 Å². The number of benzene rings is 2. The average Bonchev–Trinajstić information content (AvgIpc) is 3.69. The third-order valence-corrected chi connectivity index (χ3v) is 5.63. The summed E-state index contributed by atoms with van der Waals surface area (Å²) in [6, 6.07) is 36.2. The molecule has 0 unspecified atom stereocenters. The third-order valence-electron chi connectivity index (χ3n) is 5.63. The number of rotatable bonds is 4. The topological polar surface area (TPSA) is 216 Å². The average molecular weight is 653 g/mol. The zero-order valence-corrected chi connectivity index (χ0v) is 24.8. The number of aromatic amines is 2. The quantitative estimate of drug-likeness (QED) is 0.121. The Kier molecular flexibility index (Phi) is 14.0. The Bertz CT molecular complexity index is 1640. The van der Waals surface area contributed by atoms with Crippen LogP contribution in [0, 0.1) is 44.5 Å². The molecule has 0 fully saturated rings. The maximum Gasteiger partial charge on any atom is 2.00 e. The minimum atomic E-state index is -1.75. The van der Waals surface area contributed by atoms with Crippen molar-refractivity contribution in [2.45, 2.75) is 13.8 Å². The van der Waals surface area contributed by atoms with Gasteiger partial charge in [-0.3, -0.25) is 20.2 Å². The van der Waals surface area contributed by atoms with E-state index in [1.54, 1.807) is 0 Å². The first-order chi connectivity index (χ1) is 21.1. The van der Waals surface area contributed by atoms with Crippen LogP contribution in [0.25, 0.3) is 45.3 Å². The fourth-order valence-corrected chi connectivity index (χ4v) is 3.81.